The van der Waals surface area contributed by atoms with Gasteiger partial charge in [0, 0.05) is 16.7 Å². The molecular weight excluding hydrogens is 701 g/mol. The normalized spacial score (nSPS) is 11.2. The minimum atomic E-state index is 0.673. The van der Waals surface area contributed by atoms with Gasteiger partial charge in [0.1, 0.15) is 0 Å². The van der Waals surface area contributed by atoms with Crippen LogP contribution in [0.3, 0.4) is 0 Å². The molecule has 0 spiro atoms. The van der Waals surface area contributed by atoms with Crippen LogP contribution in [0.4, 0.5) is 0 Å². The molecule has 0 aliphatic heterocycles. The first-order valence-electron chi connectivity index (χ1n) is 19.6. The van der Waals surface area contributed by atoms with Crippen LogP contribution in [0.1, 0.15) is 11.1 Å². The maximum atomic E-state index is 5.33. The van der Waals surface area contributed by atoms with Gasteiger partial charge in [-0.25, -0.2) is 9.97 Å². The molecule has 9 aromatic carbocycles. The van der Waals surface area contributed by atoms with Crippen LogP contribution in [0.15, 0.2) is 207 Å². The van der Waals surface area contributed by atoms with E-state index in [2.05, 4.69) is 201 Å². The minimum absolute atomic E-state index is 0.673. The highest BCUT2D eigenvalue weighted by molar-refractivity contribution is 6.14. The molecule has 272 valence electrons. The van der Waals surface area contributed by atoms with Crippen molar-refractivity contribution in [2.75, 3.05) is 0 Å². The van der Waals surface area contributed by atoms with E-state index in [1.54, 1.807) is 0 Å². The summed E-state index contributed by atoms with van der Waals surface area (Å²) < 4.78 is 0. The first-order chi connectivity index (χ1) is 28.6. The summed E-state index contributed by atoms with van der Waals surface area (Å²) in [5.74, 6) is 0.673. The van der Waals surface area contributed by atoms with Gasteiger partial charge in [0.25, 0.3) is 0 Å². The third kappa shape index (κ3) is 6.27. The molecule has 10 aromatic rings. The van der Waals surface area contributed by atoms with Crippen molar-refractivity contribution in [1.29, 1.82) is 0 Å². The Morgan fingerprint density at radius 3 is 1.53 bits per heavy atom. The highest BCUT2D eigenvalue weighted by Gasteiger charge is 2.16. The zero-order valence-electron chi connectivity index (χ0n) is 31.9. The van der Waals surface area contributed by atoms with Crippen LogP contribution in [0.25, 0.3) is 112 Å². The van der Waals surface area contributed by atoms with Gasteiger partial charge < -0.3 is 0 Å². The lowest BCUT2D eigenvalue weighted by Crippen LogP contribution is -1.97. The van der Waals surface area contributed by atoms with Gasteiger partial charge in [0.2, 0.25) is 0 Å². The number of benzene rings is 9. The van der Waals surface area contributed by atoms with Gasteiger partial charge in [-0.15, -0.1) is 0 Å². The van der Waals surface area contributed by atoms with Crippen molar-refractivity contribution in [3.63, 3.8) is 0 Å². The minimum Gasteiger partial charge on any atom is -0.228 e. The van der Waals surface area contributed by atoms with E-state index in [4.69, 9.17) is 9.97 Å². The van der Waals surface area contributed by atoms with Crippen LogP contribution >= 0.6 is 0 Å². The Morgan fingerprint density at radius 2 is 0.828 bits per heavy atom. The highest BCUT2D eigenvalue weighted by atomic mass is 14.9. The number of rotatable bonds is 8. The Kier molecular flexibility index (Phi) is 8.85. The van der Waals surface area contributed by atoms with E-state index in [1.165, 1.54) is 38.1 Å². The predicted octanol–water partition coefficient (Wildman–Crippen LogP) is 15.2. The Bertz CT molecular complexity index is 3190. The molecule has 0 bridgehead atoms. The van der Waals surface area contributed by atoms with Crippen molar-refractivity contribution in [3.05, 3.63) is 218 Å². The fraction of sp³-hybridized carbons (Fsp3) is 0. The Balaban J connectivity index is 1.14. The summed E-state index contributed by atoms with van der Waals surface area (Å²) in [5.41, 5.74) is 13.7. The molecule has 1 aromatic heterocycles. The smallest absolute Gasteiger partial charge is 0.160 e. The van der Waals surface area contributed by atoms with Crippen LogP contribution in [0.2, 0.25) is 0 Å². The molecule has 2 heteroatoms. The van der Waals surface area contributed by atoms with Crippen molar-refractivity contribution in [3.8, 4) is 67.3 Å². The average molecular weight is 739 g/mol. The average Bonchev–Trinajstić information content (AvgIpc) is 3.31. The molecule has 0 saturated carbocycles. The first-order valence-corrected chi connectivity index (χ1v) is 19.6. The van der Waals surface area contributed by atoms with E-state index in [1.807, 2.05) is 18.2 Å². The molecule has 0 saturated heterocycles. The van der Waals surface area contributed by atoms with Crippen molar-refractivity contribution < 1.29 is 0 Å². The number of aromatic nitrogens is 2. The van der Waals surface area contributed by atoms with E-state index in [0.29, 0.717) is 5.82 Å². The van der Waals surface area contributed by atoms with Crippen molar-refractivity contribution in [2.45, 2.75) is 0 Å². The molecule has 0 radical (unpaired) electrons. The molecule has 0 aliphatic carbocycles. The molecule has 58 heavy (non-hydrogen) atoms. The maximum Gasteiger partial charge on any atom is 0.160 e. The maximum absolute atomic E-state index is 5.33. The molecule has 0 atom stereocenters. The van der Waals surface area contributed by atoms with Crippen LogP contribution in [-0.2, 0) is 0 Å². The largest absolute Gasteiger partial charge is 0.228 e. The van der Waals surface area contributed by atoms with E-state index >= 15 is 0 Å². The SMILES string of the molecule is C=Cc1cc(-c2cccc(-c3cc(-c4ccc(-c5ccccc5)cc4)nc(-c4cccc(-c5cc6ccccc6c6ccccc56)c4)n3)c2)c2ccccc2c1C=C. The van der Waals surface area contributed by atoms with Crippen molar-refractivity contribution >= 4 is 44.5 Å². The second kappa shape index (κ2) is 14.8. The summed E-state index contributed by atoms with van der Waals surface area (Å²) in [6.45, 7) is 8.25. The zero-order chi connectivity index (χ0) is 39.0. The van der Waals surface area contributed by atoms with Crippen molar-refractivity contribution in [2.24, 2.45) is 0 Å². The molecule has 0 amide bonds. The lowest BCUT2D eigenvalue weighted by molar-refractivity contribution is 1.18. The van der Waals surface area contributed by atoms with Gasteiger partial charge in [-0.1, -0.05) is 189 Å². The third-order valence-corrected chi connectivity index (χ3v) is 11.2. The topological polar surface area (TPSA) is 25.8 Å². The van der Waals surface area contributed by atoms with Crippen LogP contribution in [0, 0.1) is 0 Å². The van der Waals surface area contributed by atoms with E-state index in [0.717, 1.165) is 66.8 Å². The van der Waals surface area contributed by atoms with Crippen molar-refractivity contribution in [1.82, 2.24) is 9.97 Å². The summed E-state index contributed by atoms with van der Waals surface area (Å²) in [5, 5.41) is 7.25. The van der Waals surface area contributed by atoms with E-state index in [-0.39, 0.29) is 0 Å². The van der Waals surface area contributed by atoms with Crippen LogP contribution in [0.5, 0.6) is 0 Å². The molecular formula is C56H38N2. The van der Waals surface area contributed by atoms with E-state index in [9.17, 15) is 0 Å². The number of hydrogen-bond donors (Lipinski definition) is 0. The monoisotopic (exact) mass is 738 g/mol. The third-order valence-electron chi connectivity index (χ3n) is 11.2. The van der Waals surface area contributed by atoms with Gasteiger partial charge in [-0.2, -0.15) is 0 Å². The lowest BCUT2D eigenvalue weighted by atomic mass is 9.90. The lowest BCUT2D eigenvalue weighted by Gasteiger charge is -2.15. The standard InChI is InChI=1S/C56H38N2/c1-3-37-34-52(50-26-12-10-24-48(50)46(37)4-2)41-19-14-21-44(32-41)55-36-54(40-30-28-39(29-31-40)38-16-6-5-7-17-38)57-56(58-55)45-22-15-20-42(33-45)53-35-43-18-8-9-23-47(43)49-25-11-13-27-51(49)53/h3-36H,1-2H2. The summed E-state index contributed by atoms with van der Waals surface area (Å²) in [7, 11) is 0. The molecule has 0 fully saturated rings. The molecule has 0 aliphatic rings. The second-order valence-electron chi connectivity index (χ2n) is 14.6. The van der Waals surface area contributed by atoms with Gasteiger partial charge in [0.05, 0.1) is 11.4 Å². The highest BCUT2D eigenvalue weighted by Crippen LogP contribution is 2.39. The fourth-order valence-electron chi connectivity index (χ4n) is 8.36. The number of hydrogen-bond acceptors (Lipinski definition) is 2. The van der Waals surface area contributed by atoms with Gasteiger partial charge in [0.15, 0.2) is 5.82 Å². The quantitative estimate of drug-likeness (QED) is 0.145. The summed E-state index contributed by atoms with van der Waals surface area (Å²) >= 11 is 0. The zero-order valence-corrected chi connectivity index (χ0v) is 31.9. The predicted molar refractivity (Wildman–Crippen MR) is 247 cm³/mol. The van der Waals surface area contributed by atoms with Crippen LogP contribution < -0.4 is 0 Å². The number of nitrogens with zero attached hydrogens (tertiary/aromatic N) is 2. The fourth-order valence-corrected chi connectivity index (χ4v) is 8.36. The summed E-state index contributed by atoms with van der Waals surface area (Å²) in [4.78, 5) is 10.6. The molecule has 10 rings (SSSR count). The van der Waals surface area contributed by atoms with E-state index < -0.39 is 0 Å². The molecule has 0 unspecified atom stereocenters. The number of fused-ring (bicyclic) bond motifs is 4. The summed E-state index contributed by atoms with van der Waals surface area (Å²) in [6, 6.07) is 69.0. The Hall–Kier alpha value is -7.68. The Morgan fingerprint density at radius 1 is 0.328 bits per heavy atom. The second-order valence-corrected chi connectivity index (χ2v) is 14.6. The summed E-state index contributed by atoms with van der Waals surface area (Å²) in [6.07, 6.45) is 3.84. The molecule has 1 heterocycles. The van der Waals surface area contributed by atoms with Crippen LogP contribution in [-0.4, -0.2) is 9.97 Å². The van der Waals surface area contributed by atoms with Gasteiger partial charge >= 0.3 is 0 Å². The van der Waals surface area contributed by atoms with Gasteiger partial charge in [-0.3, -0.25) is 0 Å². The molecule has 2 nitrogen and oxygen atoms in total. The first kappa shape index (κ1) is 34.8. The Labute approximate surface area is 338 Å². The molecule has 0 N–H and O–H groups in total. The van der Waals surface area contributed by atoms with Gasteiger partial charge in [-0.05, 0) is 107 Å².